The first-order valence-corrected chi connectivity index (χ1v) is 4.29. The van der Waals surface area contributed by atoms with E-state index >= 15 is 0 Å². The van der Waals surface area contributed by atoms with Crippen LogP contribution in [-0.4, -0.2) is 36.5 Å². The molecular weight excluding hydrogens is 166 g/mol. The lowest BCUT2D eigenvalue weighted by atomic mass is 10.1. The largest absolute Gasteiger partial charge is 0.353 e. The van der Waals surface area contributed by atoms with E-state index in [0.29, 0.717) is 13.1 Å². The van der Waals surface area contributed by atoms with Crippen molar-refractivity contribution in [2.24, 2.45) is 0 Å². The molecule has 1 fully saturated rings. The molecule has 0 aliphatic carbocycles. The first-order chi connectivity index (χ1) is 6.29. The van der Waals surface area contributed by atoms with Gasteiger partial charge in [-0.1, -0.05) is 6.08 Å². The molecule has 0 saturated carbocycles. The quantitative estimate of drug-likeness (QED) is 0.615. The molecular formula is C9H13N3O. The number of hydrogen-bond acceptors (Lipinski definition) is 3. The average Bonchev–Trinajstić information content (AvgIpc) is 2.11. The minimum Gasteiger partial charge on any atom is -0.353 e. The molecule has 0 aromatic rings. The topological polar surface area (TPSA) is 56.1 Å². The molecule has 4 heteroatoms. The van der Waals surface area contributed by atoms with Crippen molar-refractivity contribution in [1.29, 1.82) is 5.26 Å². The van der Waals surface area contributed by atoms with Crippen LogP contribution in [0.3, 0.4) is 0 Å². The Morgan fingerprint density at radius 3 is 3.23 bits per heavy atom. The number of rotatable bonds is 3. The summed E-state index contributed by atoms with van der Waals surface area (Å²) in [6, 6.07) is 1.72. The fourth-order valence-electron chi connectivity index (χ4n) is 1.45. The Kier molecular flexibility index (Phi) is 3.47. The molecule has 1 amide bonds. The third kappa shape index (κ3) is 2.30. The number of amides is 1. The standard InChI is InChI=1S/C9H13N3O/c1-2-6-12-7-5-11-9(13)8(12)3-4-10/h2,8H,1,3,5-7H2,(H,11,13). The van der Waals surface area contributed by atoms with Crippen LogP contribution in [0, 0.1) is 11.3 Å². The SMILES string of the molecule is C=CCN1CCNC(=O)C1CC#N. The van der Waals surface area contributed by atoms with E-state index in [-0.39, 0.29) is 18.4 Å². The Labute approximate surface area is 77.8 Å². The summed E-state index contributed by atoms with van der Waals surface area (Å²) in [6.07, 6.45) is 2.00. The zero-order chi connectivity index (χ0) is 9.68. The fourth-order valence-corrected chi connectivity index (χ4v) is 1.45. The van der Waals surface area contributed by atoms with Gasteiger partial charge in [-0.25, -0.2) is 0 Å². The van der Waals surface area contributed by atoms with E-state index in [9.17, 15) is 4.79 Å². The van der Waals surface area contributed by atoms with Crippen molar-refractivity contribution in [3.05, 3.63) is 12.7 Å². The van der Waals surface area contributed by atoms with Crippen molar-refractivity contribution >= 4 is 5.91 Å². The van der Waals surface area contributed by atoms with Crippen molar-refractivity contribution in [3.8, 4) is 6.07 Å². The average molecular weight is 179 g/mol. The van der Waals surface area contributed by atoms with Crippen molar-refractivity contribution in [3.63, 3.8) is 0 Å². The number of nitrogens with one attached hydrogen (secondary N) is 1. The van der Waals surface area contributed by atoms with Gasteiger partial charge in [-0.05, 0) is 0 Å². The molecule has 1 saturated heterocycles. The highest BCUT2D eigenvalue weighted by Gasteiger charge is 2.28. The summed E-state index contributed by atoms with van der Waals surface area (Å²) < 4.78 is 0. The molecule has 4 nitrogen and oxygen atoms in total. The van der Waals surface area contributed by atoms with E-state index in [0.717, 1.165) is 6.54 Å². The third-order valence-corrected chi connectivity index (χ3v) is 2.09. The molecule has 1 N–H and O–H groups in total. The summed E-state index contributed by atoms with van der Waals surface area (Å²) in [5.74, 6) is -0.0466. The monoisotopic (exact) mass is 179 g/mol. The first-order valence-electron chi connectivity index (χ1n) is 4.29. The Hall–Kier alpha value is -1.34. The molecule has 1 unspecified atom stereocenters. The maximum Gasteiger partial charge on any atom is 0.238 e. The molecule has 0 aromatic carbocycles. The summed E-state index contributed by atoms with van der Waals surface area (Å²) in [6.45, 7) is 5.74. The Bertz CT molecular complexity index is 244. The Morgan fingerprint density at radius 1 is 1.85 bits per heavy atom. The number of carbonyl (C=O) groups excluding carboxylic acids is 1. The Morgan fingerprint density at radius 2 is 2.62 bits per heavy atom. The molecule has 0 aromatic heterocycles. The fraction of sp³-hybridized carbons (Fsp3) is 0.556. The van der Waals surface area contributed by atoms with Gasteiger partial charge in [0.2, 0.25) is 5.91 Å². The minimum absolute atomic E-state index is 0.0466. The van der Waals surface area contributed by atoms with E-state index in [2.05, 4.69) is 11.9 Å². The zero-order valence-electron chi connectivity index (χ0n) is 7.49. The minimum atomic E-state index is -0.295. The smallest absolute Gasteiger partial charge is 0.238 e. The van der Waals surface area contributed by atoms with E-state index in [1.165, 1.54) is 0 Å². The van der Waals surface area contributed by atoms with Gasteiger partial charge in [0.1, 0.15) is 6.04 Å². The summed E-state index contributed by atoms with van der Waals surface area (Å²) in [5, 5.41) is 11.3. The summed E-state index contributed by atoms with van der Waals surface area (Å²) >= 11 is 0. The van der Waals surface area contributed by atoms with Crippen LogP contribution in [0.5, 0.6) is 0 Å². The van der Waals surface area contributed by atoms with Crippen LogP contribution in [0.2, 0.25) is 0 Å². The molecule has 1 aliphatic rings. The van der Waals surface area contributed by atoms with Gasteiger partial charge in [-0.3, -0.25) is 9.69 Å². The molecule has 1 aliphatic heterocycles. The molecule has 0 spiro atoms. The number of hydrogen-bond donors (Lipinski definition) is 1. The highest BCUT2D eigenvalue weighted by molar-refractivity contribution is 5.82. The van der Waals surface area contributed by atoms with Crippen LogP contribution in [0.25, 0.3) is 0 Å². The van der Waals surface area contributed by atoms with Gasteiger partial charge < -0.3 is 5.32 Å². The van der Waals surface area contributed by atoms with Gasteiger partial charge in [0.05, 0.1) is 12.5 Å². The molecule has 1 heterocycles. The maximum atomic E-state index is 11.3. The first kappa shape index (κ1) is 9.75. The van der Waals surface area contributed by atoms with Crippen molar-refractivity contribution < 1.29 is 4.79 Å². The van der Waals surface area contributed by atoms with Gasteiger partial charge in [0, 0.05) is 19.6 Å². The van der Waals surface area contributed by atoms with Gasteiger partial charge in [-0.2, -0.15) is 5.26 Å². The lowest BCUT2D eigenvalue weighted by Crippen LogP contribution is -2.54. The van der Waals surface area contributed by atoms with Crippen molar-refractivity contribution in [2.75, 3.05) is 19.6 Å². The van der Waals surface area contributed by atoms with E-state index in [4.69, 9.17) is 5.26 Å². The molecule has 0 bridgehead atoms. The summed E-state index contributed by atoms with van der Waals surface area (Å²) in [5.41, 5.74) is 0. The lowest BCUT2D eigenvalue weighted by molar-refractivity contribution is -0.128. The normalized spacial score (nSPS) is 23.3. The van der Waals surface area contributed by atoms with Crippen LogP contribution >= 0.6 is 0 Å². The van der Waals surface area contributed by atoms with Gasteiger partial charge in [0.25, 0.3) is 0 Å². The molecule has 0 radical (unpaired) electrons. The predicted octanol–water partition coefficient (Wildman–Crippen LogP) is -0.114. The van der Waals surface area contributed by atoms with Gasteiger partial charge >= 0.3 is 0 Å². The zero-order valence-corrected chi connectivity index (χ0v) is 7.49. The molecule has 13 heavy (non-hydrogen) atoms. The second-order valence-corrected chi connectivity index (χ2v) is 2.95. The van der Waals surface area contributed by atoms with Crippen LogP contribution in [-0.2, 0) is 4.79 Å². The highest BCUT2D eigenvalue weighted by atomic mass is 16.2. The number of nitriles is 1. The molecule has 1 rings (SSSR count). The number of nitrogens with zero attached hydrogens (tertiary/aromatic N) is 2. The number of carbonyl (C=O) groups is 1. The Balaban J connectivity index is 2.62. The lowest BCUT2D eigenvalue weighted by Gasteiger charge is -2.32. The van der Waals surface area contributed by atoms with Crippen LogP contribution in [0.4, 0.5) is 0 Å². The maximum absolute atomic E-state index is 11.3. The van der Waals surface area contributed by atoms with Crippen molar-refractivity contribution in [2.45, 2.75) is 12.5 Å². The predicted molar refractivity (Wildman–Crippen MR) is 48.8 cm³/mol. The van der Waals surface area contributed by atoms with E-state index < -0.39 is 0 Å². The van der Waals surface area contributed by atoms with Crippen LogP contribution in [0.1, 0.15) is 6.42 Å². The summed E-state index contributed by atoms with van der Waals surface area (Å²) in [4.78, 5) is 13.3. The van der Waals surface area contributed by atoms with Gasteiger partial charge in [0.15, 0.2) is 0 Å². The summed E-state index contributed by atoms with van der Waals surface area (Å²) in [7, 11) is 0. The van der Waals surface area contributed by atoms with E-state index in [1.807, 2.05) is 11.0 Å². The third-order valence-electron chi connectivity index (χ3n) is 2.09. The molecule has 70 valence electrons. The number of piperazine rings is 1. The van der Waals surface area contributed by atoms with Crippen LogP contribution in [0.15, 0.2) is 12.7 Å². The second kappa shape index (κ2) is 4.63. The highest BCUT2D eigenvalue weighted by Crippen LogP contribution is 2.07. The van der Waals surface area contributed by atoms with Crippen molar-refractivity contribution in [1.82, 2.24) is 10.2 Å². The molecule has 1 atom stereocenters. The second-order valence-electron chi connectivity index (χ2n) is 2.95. The van der Waals surface area contributed by atoms with Crippen LogP contribution < -0.4 is 5.32 Å². The van der Waals surface area contributed by atoms with Gasteiger partial charge in [-0.15, -0.1) is 6.58 Å². The van der Waals surface area contributed by atoms with E-state index in [1.54, 1.807) is 6.08 Å².